The molecule has 0 aromatic heterocycles. The Morgan fingerprint density at radius 3 is 2.76 bits per heavy atom. The minimum Gasteiger partial charge on any atom is -0.493 e. The second kappa shape index (κ2) is 13.4. The van der Waals surface area contributed by atoms with Crippen LogP contribution in [0.1, 0.15) is 48.0 Å². The molecule has 2 aliphatic rings. The average Bonchev–Trinajstić information content (AvgIpc) is 3.30. The summed E-state index contributed by atoms with van der Waals surface area (Å²) in [5.74, 6) is -0.711. The van der Waals surface area contributed by atoms with Gasteiger partial charge < -0.3 is 34.6 Å². The largest absolute Gasteiger partial charge is 0.493 e. The normalized spacial score (nSPS) is 21.7. The lowest BCUT2D eigenvalue weighted by molar-refractivity contribution is -0.137. The number of nitrogens with one attached hydrogen (secondary N) is 1. The van der Waals surface area contributed by atoms with Gasteiger partial charge in [-0.1, -0.05) is 6.08 Å². The van der Waals surface area contributed by atoms with Gasteiger partial charge in [-0.2, -0.15) is 0 Å². The molecule has 3 N–H and O–H groups in total. The fourth-order valence-corrected chi connectivity index (χ4v) is 4.85. The van der Waals surface area contributed by atoms with Gasteiger partial charge in [0, 0.05) is 49.4 Å². The number of aldehydes is 1. The number of carbonyl (C=O) groups excluding carboxylic acids is 3. The van der Waals surface area contributed by atoms with Crippen LogP contribution in [-0.4, -0.2) is 91.5 Å². The van der Waals surface area contributed by atoms with Gasteiger partial charge in [0.05, 0.1) is 25.7 Å². The molecule has 1 aromatic carbocycles. The number of ether oxygens (including phenoxy) is 3. The SMILES string of the molecule is C=CCCC(=O)N(CCCOCC)C1C=C(C(=O)NCCO)C2c3cc(C=O)cc(OC)c3OC2C1O. The maximum absolute atomic E-state index is 13.3. The molecular formula is C27H36N2O8. The zero-order valence-electron chi connectivity index (χ0n) is 21.4. The van der Waals surface area contributed by atoms with E-state index in [2.05, 4.69) is 11.9 Å². The molecule has 0 spiro atoms. The molecule has 4 atom stereocenters. The topological polar surface area (TPSA) is 135 Å². The fourth-order valence-electron chi connectivity index (χ4n) is 4.85. The van der Waals surface area contributed by atoms with E-state index in [1.807, 2.05) is 6.92 Å². The van der Waals surface area contributed by atoms with E-state index in [4.69, 9.17) is 14.2 Å². The number of carbonyl (C=O) groups is 3. The highest BCUT2D eigenvalue weighted by molar-refractivity contribution is 5.96. The van der Waals surface area contributed by atoms with E-state index in [0.717, 1.165) is 0 Å². The number of rotatable bonds is 14. The number of methoxy groups -OCH3 is 1. The Balaban J connectivity index is 2.06. The molecule has 1 aliphatic carbocycles. The number of aliphatic hydroxyl groups excluding tert-OH is 2. The first-order valence-corrected chi connectivity index (χ1v) is 12.5. The van der Waals surface area contributed by atoms with Crippen molar-refractivity contribution in [2.24, 2.45) is 0 Å². The number of allylic oxidation sites excluding steroid dienone is 1. The van der Waals surface area contributed by atoms with Crippen molar-refractivity contribution in [3.63, 3.8) is 0 Å². The molecule has 0 fully saturated rings. The Kier molecular flexibility index (Phi) is 10.2. The summed E-state index contributed by atoms with van der Waals surface area (Å²) >= 11 is 0. The third-order valence-electron chi connectivity index (χ3n) is 6.55. The van der Waals surface area contributed by atoms with Crippen molar-refractivity contribution in [1.82, 2.24) is 10.2 Å². The van der Waals surface area contributed by atoms with Gasteiger partial charge in [0.2, 0.25) is 11.8 Å². The van der Waals surface area contributed by atoms with E-state index >= 15 is 0 Å². The summed E-state index contributed by atoms with van der Waals surface area (Å²) in [7, 11) is 1.44. The molecule has 1 heterocycles. The maximum Gasteiger partial charge on any atom is 0.247 e. The van der Waals surface area contributed by atoms with Crippen molar-refractivity contribution < 1.29 is 38.8 Å². The molecule has 10 heteroatoms. The minimum atomic E-state index is -1.17. The van der Waals surface area contributed by atoms with Crippen LogP contribution in [0.3, 0.4) is 0 Å². The van der Waals surface area contributed by atoms with E-state index in [1.165, 1.54) is 13.2 Å². The summed E-state index contributed by atoms with van der Waals surface area (Å²) in [6, 6.07) is 2.30. The van der Waals surface area contributed by atoms with Crippen LogP contribution in [0.4, 0.5) is 0 Å². The Bertz CT molecular complexity index is 1020. The van der Waals surface area contributed by atoms with Crippen molar-refractivity contribution in [2.45, 2.75) is 50.4 Å². The van der Waals surface area contributed by atoms with Crippen LogP contribution >= 0.6 is 0 Å². The van der Waals surface area contributed by atoms with Gasteiger partial charge in [-0.15, -0.1) is 6.58 Å². The van der Waals surface area contributed by atoms with Crippen LogP contribution in [0.25, 0.3) is 0 Å². The zero-order chi connectivity index (χ0) is 26.9. The van der Waals surface area contributed by atoms with Crippen molar-refractivity contribution in [3.05, 3.63) is 47.6 Å². The summed E-state index contributed by atoms with van der Waals surface area (Å²) < 4.78 is 17.0. The highest BCUT2D eigenvalue weighted by Crippen LogP contribution is 2.51. The number of nitrogens with zero attached hydrogens (tertiary/aromatic N) is 1. The molecule has 10 nitrogen and oxygen atoms in total. The molecule has 0 radical (unpaired) electrons. The van der Waals surface area contributed by atoms with Gasteiger partial charge in [-0.05, 0) is 38.0 Å². The first-order chi connectivity index (χ1) is 17.9. The molecule has 4 unspecified atom stereocenters. The van der Waals surface area contributed by atoms with Crippen LogP contribution in [0.5, 0.6) is 11.5 Å². The molecular weight excluding hydrogens is 480 g/mol. The lowest BCUT2D eigenvalue weighted by atomic mass is 9.77. The van der Waals surface area contributed by atoms with E-state index in [-0.39, 0.29) is 31.1 Å². The predicted octanol–water partition coefficient (Wildman–Crippen LogP) is 1.35. The van der Waals surface area contributed by atoms with Gasteiger partial charge in [0.15, 0.2) is 11.5 Å². The molecule has 1 aliphatic heterocycles. The van der Waals surface area contributed by atoms with Crippen molar-refractivity contribution in [1.29, 1.82) is 0 Å². The standard InChI is InChI=1S/C27H36N2O8/c1-4-6-8-22(32)29(10-7-12-36-5-2)20-15-19(27(34)28-9-11-30)23-18-13-17(16-31)14-21(35-3)25(18)37-26(23)24(20)33/h4,13-16,20,23-24,26,30,33H,1,5-12H2,2-3H3,(H,28,34). The lowest BCUT2D eigenvalue weighted by Gasteiger charge is -2.40. The Morgan fingerprint density at radius 1 is 1.32 bits per heavy atom. The first-order valence-electron chi connectivity index (χ1n) is 12.5. The van der Waals surface area contributed by atoms with Crippen LogP contribution in [0, 0.1) is 0 Å². The van der Waals surface area contributed by atoms with Crippen LogP contribution in [0.15, 0.2) is 36.4 Å². The molecule has 0 bridgehead atoms. The van der Waals surface area contributed by atoms with Gasteiger partial charge in [0.1, 0.15) is 18.5 Å². The summed E-state index contributed by atoms with van der Waals surface area (Å²) in [4.78, 5) is 39.6. The molecule has 1 aromatic rings. The highest BCUT2D eigenvalue weighted by Gasteiger charge is 2.51. The maximum atomic E-state index is 13.3. The monoisotopic (exact) mass is 516 g/mol. The van der Waals surface area contributed by atoms with Crippen molar-refractivity contribution in [3.8, 4) is 11.5 Å². The number of aliphatic hydroxyl groups is 2. The predicted molar refractivity (Wildman–Crippen MR) is 136 cm³/mol. The number of amides is 2. The number of benzene rings is 1. The van der Waals surface area contributed by atoms with E-state index < -0.39 is 30.1 Å². The third kappa shape index (κ3) is 6.20. The van der Waals surface area contributed by atoms with Crippen LogP contribution in [0.2, 0.25) is 0 Å². The molecule has 3 rings (SSSR count). The molecule has 2 amide bonds. The molecule has 0 saturated heterocycles. The van der Waals surface area contributed by atoms with E-state index in [9.17, 15) is 24.6 Å². The average molecular weight is 517 g/mol. The van der Waals surface area contributed by atoms with Gasteiger partial charge in [0.25, 0.3) is 0 Å². The molecule has 0 saturated carbocycles. The Hall–Kier alpha value is -3.21. The Morgan fingerprint density at radius 2 is 2.11 bits per heavy atom. The quantitative estimate of drug-likeness (QED) is 0.192. The van der Waals surface area contributed by atoms with Gasteiger partial charge in [-0.3, -0.25) is 14.4 Å². The zero-order valence-corrected chi connectivity index (χ0v) is 21.4. The van der Waals surface area contributed by atoms with E-state index in [0.29, 0.717) is 61.5 Å². The minimum absolute atomic E-state index is 0.0303. The van der Waals surface area contributed by atoms with E-state index in [1.54, 1.807) is 23.1 Å². The number of hydrogen-bond acceptors (Lipinski definition) is 8. The Labute approximate surface area is 216 Å². The summed E-state index contributed by atoms with van der Waals surface area (Å²) in [5, 5.41) is 23.4. The summed E-state index contributed by atoms with van der Waals surface area (Å²) in [6.07, 6.45) is 3.07. The first kappa shape index (κ1) is 28.4. The van der Waals surface area contributed by atoms with Crippen LogP contribution in [-0.2, 0) is 14.3 Å². The van der Waals surface area contributed by atoms with Gasteiger partial charge >= 0.3 is 0 Å². The van der Waals surface area contributed by atoms with Crippen LogP contribution < -0.4 is 14.8 Å². The number of hydrogen-bond donors (Lipinski definition) is 3. The smallest absolute Gasteiger partial charge is 0.247 e. The second-order valence-corrected chi connectivity index (χ2v) is 8.87. The summed E-state index contributed by atoms with van der Waals surface area (Å²) in [5.41, 5.74) is 1.16. The molecule has 37 heavy (non-hydrogen) atoms. The fraction of sp³-hybridized carbons (Fsp3) is 0.519. The second-order valence-electron chi connectivity index (χ2n) is 8.87. The van der Waals surface area contributed by atoms with Crippen molar-refractivity contribution in [2.75, 3.05) is 40.0 Å². The lowest BCUT2D eigenvalue weighted by Crippen LogP contribution is -2.56. The highest BCUT2D eigenvalue weighted by atomic mass is 16.5. The third-order valence-corrected chi connectivity index (χ3v) is 6.55. The van der Waals surface area contributed by atoms with Gasteiger partial charge in [-0.25, -0.2) is 0 Å². The number of fused-ring (bicyclic) bond motifs is 3. The summed E-state index contributed by atoms with van der Waals surface area (Å²) in [6.45, 7) is 6.65. The molecule has 202 valence electrons. The van der Waals surface area contributed by atoms with Crippen molar-refractivity contribution >= 4 is 18.1 Å².